The third-order valence-corrected chi connectivity index (χ3v) is 3.91. The number of hydrogen-bond acceptors (Lipinski definition) is 3. The van der Waals surface area contributed by atoms with E-state index in [4.69, 9.17) is 16.3 Å². The molecule has 1 fully saturated rings. The molecular weight excluding hydrogens is 260 g/mol. The SMILES string of the molecule is COc1ccc(CN(C)CC2CCCCN2)cc1Cl. The van der Waals surface area contributed by atoms with Gasteiger partial charge in [-0.05, 0) is 44.1 Å². The molecule has 1 aromatic rings. The molecule has 1 aliphatic heterocycles. The van der Waals surface area contributed by atoms with Crippen LogP contribution in [0.1, 0.15) is 24.8 Å². The van der Waals surface area contributed by atoms with Crippen molar-refractivity contribution in [2.75, 3.05) is 27.2 Å². The Morgan fingerprint density at radius 2 is 2.26 bits per heavy atom. The zero-order chi connectivity index (χ0) is 13.7. The zero-order valence-electron chi connectivity index (χ0n) is 11.8. The lowest BCUT2D eigenvalue weighted by Gasteiger charge is -2.28. The number of nitrogens with one attached hydrogen (secondary N) is 1. The van der Waals surface area contributed by atoms with Crippen LogP contribution in [0.4, 0.5) is 0 Å². The van der Waals surface area contributed by atoms with Crippen LogP contribution >= 0.6 is 11.6 Å². The Morgan fingerprint density at radius 3 is 2.89 bits per heavy atom. The van der Waals surface area contributed by atoms with E-state index < -0.39 is 0 Å². The summed E-state index contributed by atoms with van der Waals surface area (Å²) in [6, 6.07) is 6.64. The standard InChI is InChI=1S/C15H23ClN2O/c1-18(11-13-5-3-4-8-17-13)10-12-6-7-15(19-2)14(16)9-12/h6-7,9,13,17H,3-5,8,10-11H2,1-2H3. The summed E-state index contributed by atoms with van der Waals surface area (Å²) in [4.78, 5) is 2.35. The average Bonchev–Trinajstić information content (AvgIpc) is 2.40. The summed E-state index contributed by atoms with van der Waals surface area (Å²) in [6.07, 6.45) is 3.95. The van der Waals surface area contributed by atoms with Crippen molar-refractivity contribution >= 4 is 11.6 Å². The Labute approximate surface area is 120 Å². The molecule has 2 rings (SSSR count). The molecule has 1 unspecified atom stereocenters. The second kappa shape index (κ2) is 7.13. The minimum atomic E-state index is 0.632. The van der Waals surface area contributed by atoms with Gasteiger partial charge in [0.2, 0.25) is 0 Å². The van der Waals surface area contributed by atoms with E-state index in [-0.39, 0.29) is 0 Å². The fourth-order valence-corrected chi connectivity index (χ4v) is 2.92. The van der Waals surface area contributed by atoms with Crippen molar-refractivity contribution in [3.63, 3.8) is 0 Å². The predicted molar refractivity (Wildman–Crippen MR) is 80.0 cm³/mol. The summed E-state index contributed by atoms with van der Waals surface area (Å²) in [5.74, 6) is 0.738. The summed E-state index contributed by atoms with van der Waals surface area (Å²) in [5, 5.41) is 4.26. The van der Waals surface area contributed by atoms with E-state index in [1.54, 1.807) is 7.11 Å². The summed E-state index contributed by atoms with van der Waals surface area (Å²) < 4.78 is 5.17. The number of piperidine rings is 1. The molecule has 0 saturated carbocycles. The van der Waals surface area contributed by atoms with Crippen LogP contribution in [0.25, 0.3) is 0 Å². The molecule has 0 aliphatic carbocycles. The van der Waals surface area contributed by atoms with Gasteiger partial charge in [-0.15, -0.1) is 0 Å². The smallest absolute Gasteiger partial charge is 0.137 e. The Hall–Kier alpha value is -0.770. The minimum Gasteiger partial charge on any atom is -0.495 e. The van der Waals surface area contributed by atoms with Crippen LogP contribution in [0.5, 0.6) is 5.75 Å². The van der Waals surface area contributed by atoms with Crippen LogP contribution in [-0.4, -0.2) is 38.2 Å². The molecule has 1 atom stereocenters. The first-order valence-corrected chi connectivity index (χ1v) is 7.31. The van der Waals surface area contributed by atoms with Gasteiger partial charge < -0.3 is 15.0 Å². The van der Waals surface area contributed by atoms with Crippen molar-refractivity contribution in [3.8, 4) is 5.75 Å². The van der Waals surface area contributed by atoms with Crippen molar-refractivity contribution in [2.45, 2.75) is 31.8 Å². The molecule has 3 nitrogen and oxygen atoms in total. The molecule has 4 heteroatoms. The summed E-state index contributed by atoms with van der Waals surface area (Å²) >= 11 is 6.15. The van der Waals surface area contributed by atoms with Crippen molar-refractivity contribution in [1.82, 2.24) is 10.2 Å². The van der Waals surface area contributed by atoms with Crippen LogP contribution in [-0.2, 0) is 6.54 Å². The Bertz CT molecular complexity index is 405. The van der Waals surface area contributed by atoms with E-state index >= 15 is 0 Å². The topological polar surface area (TPSA) is 24.5 Å². The normalized spacial score (nSPS) is 19.7. The second-order valence-electron chi connectivity index (χ2n) is 5.31. The highest BCUT2D eigenvalue weighted by atomic mass is 35.5. The minimum absolute atomic E-state index is 0.632. The van der Waals surface area contributed by atoms with Gasteiger partial charge in [-0.2, -0.15) is 0 Å². The van der Waals surface area contributed by atoms with E-state index in [1.807, 2.05) is 12.1 Å². The van der Waals surface area contributed by atoms with E-state index in [2.05, 4.69) is 23.3 Å². The molecule has 0 radical (unpaired) electrons. The van der Waals surface area contributed by atoms with Crippen LogP contribution < -0.4 is 10.1 Å². The second-order valence-corrected chi connectivity index (χ2v) is 5.72. The summed E-state index contributed by atoms with van der Waals surface area (Å²) in [7, 11) is 3.80. The summed E-state index contributed by atoms with van der Waals surface area (Å²) in [6.45, 7) is 3.17. The van der Waals surface area contributed by atoms with Crippen LogP contribution in [0.15, 0.2) is 18.2 Å². The number of ether oxygens (including phenoxy) is 1. The fourth-order valence-electron chi connectivity index (χ4n) is 2.64. The molecule has 1 aromatic carbocycles. The van der Waals surface area contributed by atoms with Gasteiger partial charge in [0.1, 0.15) is 5.75 Å². The van der Waals surface area contributed by atoms with Gasteiger partial charge in [0.25, 0.3) is 0 Å². The Morgan fingerprint density at radius 1 is 1.42 bits per heavy atom. The van der Waals surface area contributed by atoms with Crippen molar-refractivity contribution in [2.24, 2.45) is 0 Å². The van der Waals surface area contributed by atoms with Crippen molar-refractivity contribution in [1.29, 1.82) is 0 Å². The van der Waals surface area contributed by atoms with Crippen molar-refractivity contribution < 1.29 is 4.74 Å². The van der Waals surface area contributed by atoms with Gasteiger partial charge in [-0.25, -0.2) is 0 Å². The number of halogens is 1. The molecule has 1 heterocycles. The number of methoxy groups -OCH3 is 1. The van der Waals surface area contributed by atoms with E-state index in [0.717, 1.165) is 25.4 Å². The first kappa shape index (κ1) is 14.6. The molecule has 19 heavy (non-hydrogen) atoms. The van der Waals surface area contributed by atoms with Gasteiger partial charge in [0.15, 0.2) is 0 Å². The monoisotopic (exact) mass is 282 g/mol. The van der Waals surface area contributed by atoms with Gasteiger partial charge in [0, 0.05) is 19.1 Å². The van der Waals surface area contributed by atoms with Crippen LogP contribution in [0.3, 0.4) is 0 Å². The molecule has 1 aliphatic rings. The lowest BCUT2D eigenvalue weighted by atomic mass is 10.0. The van der Waals surface area contributed by atoms with Crippen LogP contribution in [0, 0.1) is 0 Å². The maximum absolute atomic E-state index is 6.15. The fraction of sp³-hybridized carbons (Fsp3) is 0.600. The Balaban J connectivity index is 1.87. The molecule has 106 valence electrons. The summed E-state index contributed by atoms with van der Waals surface area (Å²) in [5.41, 5.74) is 1.23. The van der Waals surface area contributed by atoms with Gasteiger partial charge in [0.05, 0.1) is 12.1 Å². The molecule has 1 N–H and O–H groups in total. The zero-order valence-corrected chi connectivity index (χ0v) is 12.5. The van der Waals surface area contributed by atoms with E-state index in [0.29, 0.717) is 11.1 Å². The van der Waals surface area contributed by atoms with Gasteiger partial charge in [-0.1, -0.05) is 24.1 Å². The molecule has 0 spiro atoms. The molecule has 1 saturated heterocycles. The number of nitrogens with zero attached hydrogens (tertiary/aromatic N) is 1. The molecular formula is C15H23ClN2O. The number of likely N-dealkylation sites (N-methyl/N-ethyl adjacent to an activating group) is 1. The van der Waals surface area contributed by atoms with Gasteiger partial charge >= 0.3 is 0 Å². The highest BCUT2D eigenvalue weighted by Gasteiger charge is 2.14. The third-order valence-electron chi connectivity index (χ3n) is 3.61. The number of hydrogen-bond donors (Lipinski definition) is 1. The average molecular weight is 283 g/mol. The van der Waals surface area contributed by atoms with E-state index in [9.17, 15) is 0 Å². The predicted octanol–water partition coefficient (Wildman–Crippen LogP) is 2.92. The number of benzene rings is 1. The third kappa shape index (κ3) is 4.37. The molecule has 0 amide bonds. The maximum Gasteiger partial charge on any atom is 0.137 e. The van der Waals surface area contributed by atoms with Gasteiger partial charge in [-0.3, -0.25) is 0 Å². The largest absolute Gasteiger partial charge is 0.495 e. The maximum atomic E-state index is 6.15. The molecule has 0 aromatic heterocycles. The highest BCUT2D eigenvalue weighted by molar-refractivity contribution is 6.32. The van der Waals surface area contributed by atoms with Crippen molar-refractivity contribution in [3.05, 3.63) is 28.8 Å². The lowest BCUT2D eigenvalue weighted by molar-refractivity contribution is 0.256. The van der Waals surface area contributed by atoms with Crippen LogP contribution in [0.2, 0.25) is 5.02 Å². The quantitative estimate of drug-likeness (QED) is 0.899. The Kier molecular flexibility index (Phi) is 5.49. The molecule has 0 bridgehead atoms. The lowest BCUT2D eigenvalue weighted by Crippen LogP contribution is -2.42. The first-order valence-electron chi connectivity index (χ1n) is 6.93. The van der Waals surface area contributed by atoms with E-state index in [1.165, 1.54) is 24.8 Å². The number of rotatable bonds is 5. The highest BCUT2D eigenvalue weighted by Crippen LogP contribution is 2.25. The first-order chi connectivity index (χ1) is 9.19.